The van der Waals surface area contributed by atoms with E-state index >= 15 is 0 Å². The van der Waals surface area contributed by atoms with Gasteiger partial charge in [-0.25, -0.2) is 4.79 Å². The van der Waals surface area contributed by atoms with Crippen molar-refractivity contribution in [1.82, 2.24) is 5.32 Å². The van der Waals surface area contributed by atoms with Crippen molar-refractivity contribution in [1.29, 1.82) is 0 Å². The van der Waals surface area contributed by atoms with Crippen molar-refractivity contribution in [3.8, 4) is 5.75 Å². The number of ether oxygens (including phenoxy) is 2. The fourth-order valence-electron chi connectivity index (χ4n) is 1.60. The standard InChI is InChI=1S/C11H13NO3/c1-2-14-11(13)12-9-7-15-10-6-4-3-5-8(9)10/h3-6,9H,2,7H2,1H3,(H,12,13). The number of carbonyl (C=O) groups excluding carboxylic acids is 1. The van der Waals surface area contributed by atoms with Gasteiger partial charge in [0.25, 0.3) is 0 Å². The minimum absolute atomic E-state index is 0.0970. The smallest absolute Gasteiger partial charge is 0.407 e. The van der Waals surface area contributed by atoms with Gasteiger partial charge in [0, 0.05) is 5.56 Å². The van der Waals surface area contributed by atoms with Crippen molar-refractivity contribution in [2.45, 2.75) is 13.0 Å². The Bertz CT molecular complexity index is 365. The molecule has 1 aliphatic heterocycles. The Balaban J connectivity index is 2.04. The Morgan fingerprint density at radius 2 is 2.40 bits per heavy atom. The number of amides is 1. The van der Waals surface area contributed by atoms with E-state index < -0.39 is 6.09 Å². The highest BCUT2D eigenvalue weighted by Gasteiger charge is 2.25. The van der Waals surface area contributed by atoms with Crippen molar-refractivity contribution >= 4 is 6.09 Å². The van der Waals surface area contributed by atoms with Crippen molar-refractivity contribution in [3.05, 3.63) is 29.8 Å². The quantitative estimate of drug-likeness (QED) is 0.805. The number of para-hydroxylation sites is 1. The minimum atomic E-state index is -0.400. The first-order valence-electron chi connectivity index (χ1n) is 4.96. The number of hydrogen-bond donors (Lipinski definition) is 1. The molecule has 1 atom stereocenters. The van der Waals surface area contributed by atoms with E-state index in [1.807, 2.05) is 24.3 Å². The van der Waals surface area contributed by atoms with Crippen LogP contribution < -0.4 is 10.1 Å². The van der Waals surface area contributed by atoms with Crippen LogP contribution in [0.3, 0.4) is 0 Å². The molecule has 1 amide bonds. The van der Waals surface area contributed by atoms with Crippen LogP contribution in [0.25, 0.3) is 0 Å². The number of rotatable bonds is 2. The highest BCUT2D eigenvalue weighted by Crippen LogP contribution is 2.31. The van der Waals surface area contributed by atoms with Crippen LogP contribution in [0.2, 0.25) is 0 Å². The monoisotopic (exact) mass is 207 g/mol. The topological polar surface area (TPSA) is 47.6 Å². The van der Waals surface area contributed by atoms with Crippen molar-refractivity contribution in [2.75, 3.05) is 13.2 Å². The number of nitrogens with one attached hydrogen (secondary N) is 1. The summed E-state index contributed by atoms with van der Waals surface area (Å²) in [7, 11) is 0. The first kappa shape index (κ1) is 9.83. The molecule has 1 aromatic carbocycles. The lowest BCUT2D eigenvalue weighted by Gasteiger charge is -2.10. The zero-order valence-corrected chi connectivity index (χ0v) is 8.53. The van der Waals surface area contributed by atoms with Gasteiger partial charge in [0.15, 0.2) is 0 Å². The maximum Gasteiger partial charge on any atom is 0.407 e. The van der Waals surface area contributed by atoms with Gasteiger partial charge in [0.1, 0.15) is 12.4 Å². The SMILES string of the molecule is CCOC(=O)NC1COc2ccccc21. The molecule has 1 N–H and O–H groups in total. The minimum Gasteiger partial charge on any atom is -0.491 e. The summed E-state index contributed by atoms with van der Waals surface area (Å²) in [6, 6.07) is 7.57. The molecule has 0 aromatic heterocycles. The number of alkyl carbamates (subject to hydrolysis) is 1. The predicted molar refractivity (Wildman–Crippen MR) is 54.8 cm³/mol. The molecule has 2 rings (SSSR count). The van der Waals surface area contributed by atoms with Crippen molar-refractivity contribution in [2.24, 2.45) is 0 Å². The zero-order valence-electron chi connectivity index (χ0n) is 8.53. The second kappa shape index (κ2) is 4.21. The third kappa shape index (κ3) is 2.03. The van der Waals surface area contributed by atoms with Gasteiger partial charge < -0.3 is 14.8 Å². The van der Waals surface area contributed by atoms with E-state index in [0.29, 0.717) is 13.2 Å². The second-order valence-corrected chi connectivity index (χ2v) is 3.27. The maximum atomic E-state index is 11.2. The molecule has 0 spiro atoms. The highest BCUT2D eigenvalue weighted by atomic mass is 16.5. The zero-order chi connectivity index (χ0) is 10.7. The van der Waals surface area contributed by atoms with Gasteiger partial charge in [-0.05, 0) is 13.0 Å². The normalized spacial score (nSPS) is 17.8. The summed E-state index contributed by atoms with van der Waals surface area (Å²) in [6.45, 7) is 2.62. The lowest BCUT2D eigenvalue weighted by atomic mass is 10.1. The molecule has 0 bridgehead atoms. The molecular formula is C11H13NO3. The average molecular weight is 207 g/mol. The van der Waals surface area contributed by atoms with E-state index in [9.17, 15) is 4.79 Å². The van der Waals surface area contributed by atoms with E-state index in [2.05, 4.69) is 5.32 Å². The Morgan fingerprint density at radius 1 is 1.60 bits per heavy atom. The predicted octanol–water partition coefficient (Wildman–Crippen LogP) is 1.87. The Labute approximate surface area is 88.2 Å². The summed E-state index contributed by atoms with van der Waals surface area (Å²) < 4.78 is 10.2. The number of benzene rings is 1. The van der Waals surface area contributed by atoms with E-state index in [4.69, 9.17) is 9.47 Å². The third-order valence-electron chi connectivity index (χ3n) is 2.27. The highest BCUT2D eigenvalue weighted by molar-refractivity contribution is 5.68. The fraction of sp³-hybridized carbons (Fsp3) is 0.364. The van der Waals surface area contributed by atoms with Crippen LogP contribution in [-0.4, -0.2) is 19.3 Å². The largest absolute Gasteiger partial charge is 0.491 e. The van der Waals surface area contributed by atoms with Gasteiger partial charge in [-0.15, -0.1) is 0 Å². The van der Waals surface area contributed by atoms with Gasteiger partial charge in [-0.2, -0.15) is 0 Å². The van der Waals surface area contributed by atoms with E-state index in [-0.39, 0.29) is 6.04 Å². The van der Waals surface area contributed by atoms with Gasteiger partial charge in [0.2, 0.25) is 0 Å². The number of fused-ring (bicyclic) bond motifs is 1. The van der Waals surface area contributed by atoms with Crippen molar-refractivity contribution < 1.29 is 14.3 Å². The van der Waals surface area contributed by atoms with E-state index in [0.717, 1.165) is 11.3 Å². The molecule has 4 nitrogen and oxygen atoms in total. The number of hydrogen-bond acceptors (Lipinski definition) is 3. The molecule has 0 aliphatic carbocycles. The molecule has 0 radical (unpaired) electrons. The third-order valence-corrected chi connectivity index (χ3v) is 2.27. The molecule has 1 unspecified atom stereocenters. The average Bonchev–Trinajstić information content (AvgIpc) is 2.62. The molecule has 15 heavy (non-hydrogen) atoms. The van der Waals surface area contributed by atoms with E-state index in [1.165, 1.54) is 0 Å². The molecule has 0 saturated heterocycles. The summed E-state index contributed by atoms with van der Waals surface area (Å²) in [5.41, 5.74) is 1.01. The summed E-state index contributed by atoms with van der Waals surface area (Å²) in [6.07, 6.45) is -0.400. The molecule has 1 heterocycles. The molecule has 4 heteroatoms. The summed E-state index contributed by atoms with van der Waals surface area (Å²) in [5.74, 6) is 0.833. The molecular weight excluding hydrogens is 194 g/mol. The molecule has 0 saturated carbocycles. The first-order valence-corrected chi connectivity index (χ1v) is 4.96. The Hall–Kier alpha value is -1.71. The second-order valence-electron chi connectivity index (χ2n) is 3.27. The molecule has 80 valence electrons. The molecule has 1 aromatic rings. The van der Waals surface area contributed by atoms with Crippen LogP contribution in [-0.2, 0) is 4.74 Å². The van der Waals surface area contributed by atoms with Gasteiger partial charge in [-0.1, -0.05) is 18.2 Å². The van der Waals surface area contributed by atoms with Crippen LogP contribution in [0.1, 0.15) is 18.5 Å². The first-order chi connectivity index (χ1) is 7.31. The van der Waals surface area contributed by atoms with E-state index in [1.54, 1.807) is 6.92 Å². The summed E-state index contributed by atoms with van der Waals surface area (Å²) in [4.78, 5) is 11.2. The van der Waals surface area contributed by atoms with Crippen LogP contribution in [0.4, 0.5) is 4.79 Å². The lowest BCUT2D eigenvalue weighted by Crippen LogP contribution is -2.29. The van der Waals surface area contributed by atoms with Crippen LogP contribution in [0.15, 0.2) is 24.3 Å². The van der Waals surface area contributed by atoms with Crippen molar-refractivity contribution in [3.63, 3.8) is 0 Å². The van der Waals surface area contributed by atoms with Gasteiger partial charge in [-0.3, -0.25) is 0 Å². The maximum absolute atomic E-state index is 11.2. The molecule has 1 aliphatic rings. The summed E-state index contributed by atoms with van der Waals surface area (Å²) in [5, 5.41) is 2.75. The Kier molecular flexibility index (Phi) is 2.76. The Morgan fingerprint density at radius 3 is 3.20 bits per heavy atom. The molecule has 0 fully saturated rings. The fourth-order valence-corrected chi connectivity index (χ4v) is 1.60. The number of carbonyl (C=O) groups is 1. The summed E-state index contributed by atoms with van der Waals surface area (Å²) >= 11 is 0. The van der Waals surface area contributed by atoms with Gasteiger partial charge >= 0.3 is 6.09 Å². The van der Waals surface area contributed by atoms with Crippen LogP contribution in [0.5, 0.6) is 5.75 Å². The van der Waals surface area contributed by atoms with Crippen LogP contribution >= 0.6 is 0 Å². The van der Waals surface area contributed by atoms with Crippen LogP contribution in [0, 0.1) is 0 Å². The van der Waals surface area contributed by atoms with Gasteiger partial charge in [0.05, 0.1) is 12.6 Å². The lowest BCUT2D eigenvalue weighted by molar-refractivity contribution is 0.145.